The Kier molecular flexibility index (Phi) is 5.75. The van der Waals surface area contributed by atoms with Crippen molar-refractivity contribution in [1.82, 2.24) is 14.3 Å². The first-order valence-corrected chi connectivity index (χ1v) is 9.17. The third-order valence-electron chi connectivity index (χ3n) is 2.98. The van der Waals surface area contributed by atoms with E-state index in [1.165, 1.54) is 16.9 Å². The summed E-state index contributed by atoms with van der Waals surface area (Å²) in [7, 11) is -4.29. The fraction of sp³-hybridized carbons (Fsp3) is 0.308. The van der Waals surface area contributed by atoms with E-state index >= 15 is 0 Å². The van der Waals surface area contributed by atoms with Crippen molar-refractivity contribution in [3.05, 3.63) is 34.8 Å². The van der Waals surface area contributed by atoms with Crippen molar-refractivity contribution in [3.8, 4) is 0 Å². The molecule has 2 aromatic rings. The van der Waals surface area contributed by atoms with Crippen molar-refractivity contribution in [3.63, 3.8) is 0 Å². The highest BCUT2D eigenvalue weighted by Gasteiger charge is 2.30. The van der Waals surface area contributed by atoms with Gasteiger partial charge in [0, 0.05) is 5.69 Å². The Morgan fingerprint density at radius 3 is 2.44 bits per heavy atom. The number of nitrogens with zero attached hydrogens (tertiary/aromatic N) is 2. The van der Waals surface area contributed by atoms with E-state index < -0.39 is 28.7 Å². The highest BCUT2D eigenvalue weighted by atomic mass is 32.2. The number of carbonyl (C=O) groups is 1. The van der Waals surface area contributed by atoms with Crippen molar-refractivity contribution >= 4 is 33.2 Å². The van der Waals surface area contributed by atoms with Crippen molar-refractivity contribution in [2.75, 3.05) is 11.9 Å². The normalized spacial score (nSPS) is 12.2. The molecule has 0 unspecified atom stereocenters. The molecule has 0 aliphatic carbocycles. The van der Waals surface area contributed by atoms with Crippen molar-refractivity contribution in [2.24, 2.45) is 0 Å². The second-order valence-corrected chi connectivity index (χ2v) is 7.34. The number of alkyl halides is 3. The molecule has 1 amide bonds. The Balaban J connectivity index is 2.08. The smallest absolute Gasteiger partial charge is 0.321 e. The van der Waals surface area contributed by atoms with E-state index in [4.69, 9.17) is 0 Å². The Morgan fingerprint density at radius 2 is 1.88 bits per heavy atom. The maximum atomic E-state index is 12.1. The van der Waals surface area contributed by atoms with Gasteiger partial charge in [-0.1, -0.05) is 11.4 Å². The average molecular weight is 394 g/mol. The van der Waals surface area contributed by atoms with Gasteiger partial charge in [0.2, 0.25) is 10.0 Å². The summed E-state index contributed by atoms with van der Waals surface area (Å²) in [6.45, 7) is 0.160. The van der Waals surface area contributed by atoms with Crippen LogP contribution in [-0.4, -0.2) is 36.6 Å². The molecule has 1 heterocycles. The number of aryl methyl sites for hydroxylation is 1. The number of aromatic nitrogens is 2. The summed E-state index contributed by atoms with van der Waals surface area (Å²) in [5.41, 5.74) is 0.827. The van der Waals surface area contributed by atoms with Gasteiger partial charge in [-0.25, -0.2) is 13.1 Å². The van der Waals surface area contributed by atoms with Crippen molar-refractivity contribution < 1.29 is 26.4 Å². The Hall–Kier alpha value is -2.05. The van der Waals surface area contributed by atoms with Crippen molar-refractivity contribution in [1.29, 1.82) is 0 Å². The number of nitrogens with one attached hydrogen (secondary N) is 2. The van der Waals surface area contributed by atoms with Crippen LogP contribution in [0.2, 0.25) is 0 Å². The topological polar surface area (TPSA) is 101 Å². The van der Waals surface area contributed by atoms with Crippen LogP contribution in [0.3, 0.4) is 0 Å². The van der Waals surface area contributed by atoms with Gasteiger partial charge >= 0.3 is 6.18 Å². The molecule has 0 saturated heterocycles. The highest BCUT2D eigenvalue weighted by molar-refractivity contribution is 7.89. The van der Waals surface area contributed by atoms with Crippen LogP contribution >= 0.6 is 11.5 Å². The largest absolute Gasteiger partial charge is 0.402 e. The minimum absolute atomic E-state index is 0.287. The summed E-state index contributed by atoms with van der Waals surface area (Å²) in [5, 5.41) is 6.36. The molecule has 0 atom stereocenters. The summed E-state index contributed by atoms with van der Waals surface area (Å²) in [6.07, 6.45) is -4.12. The van der Waals surface area contributed by atoms with E-state index in [0.29, 0.717) is 17.0 Å². The first kappa shape index (κ1) is 19.3. The maximum absolute atomic E-state index is 12.1. The van der Waals surface area contributed by atoms with Crippen LogP contribution in [0.5, 0.6) is 0 Å². The van der Waals surface area contributed by atoms with Gasteiger partial charge in [0.25, 0.3) is 5.91 Å². The second kappa shape index (κ2) is 7.45. The van der Waals surface area contributed by atoms with Gasteiger partial charge in [0.15, 0.2) is 0 Å². The number of hydrogen-bond acceptors (Lipinski definition) is 6. The standard InChI is InChI=1S/C13H13F3N4O3S2/c1-2-10-11(24-20-19-10)12(21)18-8-3-5-9(6-4-8)25(22,23)17-7-13(14,15)16/h3-6,17H,2,7H2,1H3,(H,18,21). The molecule has 0 bridgehead atoms. The molecule has 12 heteroatoms. The molecular weight excluding hydrogens is 381 g/mol. The van der Waals surface area contributed by atoms with Crippen LogP contribution in [0.25, 0.3) is 0 Å². The Morgan fingerprint density at radius 1 is 1.24 bits per heavy atom. The van der Waals surface area contributed by atoms with E-state index in [1.54, 1.807) is 0 Å². The average Bonchev–Trinajstić information content (AvgIpc) is 3.02. The zero-order chi connectivity index (χ0) is 18.7. The number of hydrogen-bond donors (Lipinski definition) is 2. The predicted octanol–water partition coefficient (Wildman–Crippen LogP) is 2.19. The number of rotatable bonds is 6. The van der Waals surface area contributed by atoms with E-state index in [2.05, 4.69) is 14.9 Å². The Labute approximate surface area is 145 Å². The SMILES string of the molecule is CCc1nnsc1C(=O)Nc1ccc(S(=O)(=O)NCC(F)(F)F)cc1. The molecule has 25 heavy (non-hydrogen) atoms. The molecule has 0 saturated carbocycles. The summed E-state index contributed by atoms with van der Waals surface area (Å²) >= 11 is 0.932. The maximum Gasteiger partial charge on any atom is 0.402 e. The molecule has 1 aromatic heterocycles. The lowest BCUT2D eigenvalue weighted by Crippen LogP contribution is -2.33. The van der Waals surface area contributed by atoms with Crippen LogP contribution in [0, 0.1) is 0 Å². The van der Waals surface area contributed by atoms with E-state index in [9.17, 15) is 26.4 Å². The third kappa shape index (κ3) is 5.21. The van der Waals surface area contributed by atoms with E-state index in [-0.39, 0.29) is 10.6 Å². The summed E-state index contributed by atoms with van der Waals surface area (Å²) in [4.78, 5) is 12.1. The van der Waals surface area contributed by atoms with Gasteiger partial charge in [0.05, 0.1) is 10.6 Å². The first-order valence-electron chi connectivity index (χ1n) is 6.91. The molecule has 1 aromatic carbocycles. The van der Waals surface area contributed by atoms with Gasteiger partial charge in [0.1, 0.15) is 11.4 Å². The second-order valence-electron chi connectivity index (χ2n) is 4.82. The fourth-order valence-corrected chi connectivity index (χ4v) is 3.44. The lowest BCUT2D eigenvalue weighted by molar-refractivity contribution is -0.121. The number of anilines is 1. The van der Waals surface area contributed by atoms with Gasteiger partial charge < -0.3 is 5.32 Å². The predicted molar refractivity (Wildman–Crippen MR) is 84.9 cm³/mol. The fourth-order valence-electron chi connectivity index (χ4n) is 1.78. The molecule has 0 aliphatic heterocycles. The molecule has 0 radical (unpaired) electrons. The monoisotopic (exact) mass is 394 g/mol. The number of benzene rings is 1. The zero-order valence-corrected chi connectivity index (χ0v) is 14.4. The lowest BCUT2D eigenvalue weighted by atomic mass is 10.2. The van der Waals surface area contributed by atoms with Gasteiger partial charge in [-0.05, 0) is 42.2 Å². The molecule has 0 aliphatic rings. The molecule has 7 nitrogen and oxygen atoms in total. The molecular formula is C13H13F3N4O3S2. The minimum atomic E-state index is -4.65. The van der Waals surface area contributed by atoms with E-state index in [0.717, 1.165) is 23.7 Å². The van der Waals surface area contributed by atoms with Crippen LogP contribution in [0.15, 0.2) is 29.2 Å². The van der Waals surface area contributed by atoms with Crippen LogP contribution < -0.4 is 10.0 Å². The number of carbonyl (C=O) groups excluding carboxylic acids is 1. The number of amides is 1. The molecule has 0 spiro atoms. The first-order chi connectivity index (χ1) is 11.6. The number of sulfonamides is 1. The Bertz CT molecular complexity index is 848. The zero-order valence-electron chi connectivity index (χ0n) is 12.8. The molecule has 136 valence electrons. The summed E-state index contributed by atoms with van der Waals surface area (Å²) in [6, 6.07) is 4.75. The van der Waals surface area contributed by atoms with Crippen LogP contribution in [0.4, 0.5) is 18.9 Å². The minimum Gasteiger partial charge on any atom is -0.321 e. The van der Waals surface area contributed by atoms with Crippen LogP contribution in [-0.2, 0) is 16.4 Å². The summed E-state index contributed by atoms with van der Waals surface area (Å²) in [5.74, 6) is -0.447. The quantitative estimate of drug-likeness (QED) is 0.782. The van der Waals surface area contributed by atoms with Gasteiger partial charge in [-0.3, -0.25) is 4.79 Å². The number of halogens is 3. The van der Waals surface area contributed by atoms with Gasteiger partial charge in [-0.2, -0.15) is 13.2 Å². The van der Waals surface area contributed by atoms with Crippen molar-refractivity contribution in [2.45, 2.75) is 24.4 Å². The highest BCUT2D eigenvalue weighted by Crippen LogP contribution is 2.19. The van der Waals surface area contributed by atoms with Crippen LogP contribution in [0.1, 0.15) is 22.3 Å². The molecule has 2 N–H and O–H groups in total. The van der Waals surface area contributed by atoms with E-state index in [1.807, 2.05) is 6.92 Å². The molecule has 2 rings (SSSR count). The lowest BCUT2D eigenvalue weighted by Gasteiger charge is -2.10. The molecule has 0 fully saturated rings. The summed E-state index contributed by atoms with van der Waals surface area (Å²) < 4.78 is 65.1. The van der Waals surface area contributed by atoms with Gasteiger partial charge in [-0.15, -0.1) is 5.10 Å². The third-order valence-corrected chi connectivity index (χ3v) is 5.17.